The van der Waals surface area contributed by atoms with E-state index in [-0.39, 0.29) is 16.3 Å². The number of benzene rings is 3. The molecule has 0 saturated carbocycles. The Kier molecular flexibility index (Phi) is 4.46. The van der Waals surface area contributed by atoms with Crippen LogP contribution in [0.25, 0.3) is 16.7 Å². The molecule has 1 amide bonds. The lowest BCUT2D eigenvalue weighted by molar-refractivity contribution is -0.384. The molecular weight excluding hydrogens is 382 g/mol. The molecule has 1 aromatic heterocycles. The van der Waals surface area contributed by atoms with Crippen LogP contribution in [0.15, 0.2) is 66.7 Å². The van der Waals surface area contributed by atoms with Gasteiger partial charge in [0.15, 0.2) is 0 Å². The summed E-state index contributed by atoms with van der Waals surface area (Å²) in [4.78, 5) is 24.3. The van der Waals surface area contributed by atoms with Crippen molar-refractivity contribution in [1.29, 1.82) is 0 Å². The number of carbonyl (C=O) groups is 1. The van der Waals surface area contributed by atoms with Gasteiger partial charge in [-0.25, -0.2) is 0 Å². The maximum Gasteiger partial charge on any atom is 0.288 e. The van der Waals surface area contributed by atoms with Gasteiger partial charge in [0.2, 0.25) is 0 Å². The molecule has 0 unspecified atom stereocenters. The molecular formula is C19H12ClN5O3. The molecule has 9 heteroatoms. The van der Waals surface area contributed by atoms with E-state index < -0.39 is 10.8 Å². The van der Waals surface area contributed by atoms with Gasteiger partial charge in [0, 0.05) is 17.3 Å². The third kappa shape index (κ3) is 3.40. The number of rotatable bonds is 4. The number of anilines is 1. The largest absolute Gasteiger partial charge is 0.322 e. The molecule has 0 bridgehead atoms. The van der Waals surface area contributed by atoms with Gasteiger partial charge in [0.1, 0.15) is 16.1 Å². The van der Waals surface area contributed by atoms with Gasteiger partial charge in [-0.1, -0.05) is 29.8 Å². The van der Waals surface area contributed by atoms with Crippen LogP contribution in [0, 0.1) is 10.1 Å². The lowest BCUT2D eigenvalue weighted by Crippen LogP contribution is -2.12. The molecule has 0 aliphatic carbocycles. The Bertz CT molecular complexity index is 1210. The summed E-state index contributed by atoms with van der Waals surface area (Å²) in [5.41, 5.74) is 2.39. The Morgan fingerprint density at radius 3 is 2.50 bits per heavy atom. The first-order chi connectivity index (χ1) is 13.5. The molecule has 138 valence electrons. The number of halogens is 1. The molecule has 0 spiro atoms. The van der Waals surface area contributed by atoms with Crippen molar-refractivity contribution >= 4 is 39.9 Å². The van der Waals surface area contributed by atoms with Crippen LogP contribution in [-0.2, 0) is 0 Å². The maximum absolute atomic E-state index is 12.4. The monoisotopic (exact) mass is 393 g/mol. The first-order valence-corrected chi connectivity index (χ1v) is 8.57. The molecule has 1 N–H and O–H groups in total. The topological polar surface area (TPSA) is 103 Å². The van der Waals surface area contributed by atoms with Gasteiger partial charge in [-0.2, -0.15) is 4.80 Å². The summed E-state index contributed by atoms with van der Waals surface area (Å²) in [5, 5.41) is 22.5. The van der Waals surface area contributed by atoms with Gasteiger partial charge < -0.3 is 5.32 Å². The molecule has 0 aliphatic rings. The van der Waals surface area contributed by atoms with E-state index >= 15 is 0 Å². The highest BCUT2D eigenvalue weighted by Crippen LogP contribution is 2.26. The van der Waals surface area contributed by atoms with Gasteiger partial charge in [0.25, 0.3) is 11.6 Å². The Hall–Kier alpha value is -3.78. The minimum atomic E-state index is -0.632. The van der Waals surface area contributed by atoms with Crippen LogP contribution in [0.5, 0.6) is 0 Å². The Labute approximate surface area is 163 Å². The van der Waals surface area contributed by atoms with Crippen LogP contribution in [0.2, 0.25) is 5.02 Å². The van der Waals surface area contributed by atoms with Crippen LogP contribution in [0.3, 0.4) is 0 Å². The fourth-order valence-electron chi connectivity index (χ4n) is 2.67. The third-order valence-electron chi connectivity index (χ3n) is 4.03. The van der Waals surface area contributed by atoms with Crippen LogP contribution in [-0.4, -0.2) is 25.8 Å². The number of aromatic nitrogens is 3. The highest BCUT2D eigenvalue weighted by molar-refractivity contribution is 6.32. The number of carbonyl (C=O) groups excluding carboxylic acids is 1. The van der Waals surface area contributed by atoms with Crippen molar-refractivity contribution in [3.8, 4) is 5.69 Å². The number of nitrogens with zero attached hydrogens (tertiary/aromatic N) is 4. The summed E-state index contributed by atoms with van der Waals surface area (Å²) in [6, 6.07) is 18.5. The van der Waals surface area contributed by atoms with Crippen molar-refractivity contribution in [3.63, 3.8) is 0 Å². The predicted molar refractivity (Wildman–Crippen MR) is 105 cm³/mol. The SMILES string of the molecule is O=C(Nc1ccc2nn(-c3ccccc3)nc2c1)c1ccc(Cl)c([N+](=O)[O-])c1. The lowest BCUT2D eigenvalue weighted by Gasteiger charge is -2.05. The summed E-state index contributed by atoms with van der Waals surface area (Å²) in [6.45, 7) is 0. The normalized spacial score (nSPS) is 10.8. The van der Waals surface area contributed by atoms with Crippen LogP contribution < -0.4 is 5.32 Å². The van der Waals surface area contributed by atoms with E-state index in [1.54, 1.807) is 18.2 Å². The Balaban J connectivity index is 1.60. The molecule has 3 aromatic carbocycles. The zero-order chi connectivity index (χ0) is 19.7. The van der Waals surface area contributed by atoms with E-state index in [1.807, 2.05) is 30.3 Å². The number of nitro groups is 1. The van der Waals surface area contributed by atoms with Crippen molar-refractivity contribution in [1.82, 2.24) is 15.0 Å². The van der Waals surface area contributed by atoms with Gasteiger partial charge in [0.05, 0.1) is 10.6 Å². The summed E-state index contributed by atoms with van der Waals surface area (Å²) >= 11 is 5.78. The Morgan fingerprint density at radius 1 is 1.00 bits per heavy atom. The predicted octanol–water partition coefficient (Wildman–Crippen LogP) is 4.23. The van der Waals surface area contributed by atoms with Crippen molar-refractivity contribution in [2.24, 2.45) is 0 Å². The quantitative estimate of drug-likeness (QED) is 0.412. The average Bonchev–Trinajstić information content (AvgIpc) is 3.12. The molecule has 0 aliphatic heterocycles. The first kappa shape index (κ1) is 17.6. The van der Waals surface area contributed by atoms with Crippen LogP contribution in [0.1, 0.15) is 10.4 Å². The van der Waals surface area contributed by atoms with E-state index in [1.165, 1.54) is 16.9 Å². The number of amides is 1. The molecule has 4 aromatic rings. The zero-order valence-electron chi connectivity index (χ0n) is 14.2. The average molecular weight is 394 g/mol. The van der Waals surface area contributed by atoms with E-state index in [9.17, 15) is 14.9 Å². The molecule has 28 heavy (non-hydrogen) atoms. The van der Waals surface area contributed by atoms with E-state index in [0.717, 1.165) is 11.8 Å². The van der Waals surface area contributed by atoms with Crippen molar-refractivity contribution < 1.29 is 9.72 Å². The number of para-hydroxylation sites is 1. The highest BCUT2D eigenvalue weighted by atomic mass is 35.5. The smallest absolute Gasteiger partial charge is 0.288 e. The van der Waals surface area contributed by atoms with Gasteiger partial charge in [-0.15, -0.1) is 10.2 Å². The summed E-state index contributed by atoms with van der Waals surface area (Å²) in [6.07, 6.45) is 0. The van der Waals surface area contributed by atoms with E-state index in [2.05, 4.69) is 15.5 Å². The zero-order valence-corrected chi connectivity index (χ0v) is 15.0. The fourth-order valence-corrected chi connectivity index (χ4v) is 2.85. The van der Waals surface area contributed by atoms with E-state index in [4.69, 9.17) is 11.6 Å². The maximum atomic E-state index is 12.4. The minimum Gasteiger partial charge on any atom is -0.322 e. The minimum absolute atomic E-state index is 0.0273. The standard InChI is InChI=1S/C19H12ClN5O3/c20-15-8-6-12(10-18(15)25(27)28)19(26)21-13-7-9-16-17(11-13)23-24(22-16)14-4-2-1-3-5-14/h1-11H,(H,21,26). The third-order valence-corrected chi connectivity index (χ3v) is 4.35. The number of hydrogen-bond donors (Lipinski definition) is 1. The highest BCUT2D eigenvalue weighted by Gasteiger charge is 2.16. The number of fused-ring (bicyclic) bond motifs is 1. The lowest BCUT2D eigenvalue weighted by atomic mass is 10.2. The molecule has 4 rings (SSSR count). The number of nitro benzene ring substituents is 1. The summed E-state index contributed by atoms with van der Waals surface area (Å²) in [5.74, 6) is -0.491. The van der Waals surface area contributed by atoms with Gasteiger partial charge in [-0.3, -0.25) is 14.9 Å². The summed E-state index contributed by atoms with van der Waals surface area (Å²) in [7, 11) is 0. The molecule has 8 nitrogen and oxygen atoms in total. The summed E-state index contributed by atoms with van der Waals surface area (Å²) < 4.78 is 0. The second-order valence-electron chi connectivity index (χ2n) is 5.91. The van der Waals surface area contributed by atoms with Crippen LogP contribution in [0.4, 0.5) is 11.4 Å². The Morgan fingerprint density at radius 2 is 1.75 bits per heavy atom. The molecule has 1 heterocycles. The molecule has 0 atom stereocenters. The van der Waals surface area contributed by atoms with E-state index in [0.29, 0.717) is 16.7 Å². The van der Waals surface area contributed by atoms with Gasteiger partial charge in [-0.05, 0) is 42.5 Å². The number of hydrogen-bond acceptors (Lipinski definition) is 5. The second-order valence-corrected chi connectivity index (χ2v) is 6.31. The van der Waals surface area contributed by atoms with Crippen LogP contribution >= 0.6 is 11.6 Å². The molecule has 0 radical (unpaired) electrons. The van der Waals surface area contributed by atoms with Crippen molar-refractivity contribution in [2.75, 3.05) is 5.32 Å². The molecule has 0 saturated heterocycles. The fraction of sp³-hybridized carbons (Fsp3) is 0. The first-order valence-electron chi connectivity index (χ1n) is 8.19. The van der Waals surface area contributed by atoms with Gasteiger partial charge >= 0.3 is 0 Å². The molecule has 0 fully saturated rings. The van der Waals surface area contributed by atoms with Crippen molar-refractivity contribution in [3.05, 3.63) is 87.4 Å². The second kappa shape index (κ2) is 7.09. The number of nitrogens with one attached hydrogen (secondary N) is 1. The van der Waals surface area contributed by atoms with Crippen molar-refractivity contribution in [2.45, 2.75) is 0 Å².